The number of halogens is 1. The summed E-state index contributed by atoms with van der Waals surface area (Å²) in [6, 6.07) is 11.3. The molecule has 0 aliphatic rings. The molecule has 7 heteroatoms. The largest absolute Gasteiger partial charge is 0.493 e. The molecule has 3 rings (SSSR count). The van der Waals surface area contributed by atoms with Crippen LogP contribution in [0.1, 0.15) is 30.3 Å². The van der Waals surface area contributed by atoms with E-state index >= 15 is 0 Å². The van der Waals surface area contributed by atoms with E-state index in [1.54, 1.807) is 31.5 Å². The Morgan fingerprint density at radius 2 is 2.03 bits per heavy atom. The third kappa shape index (κ3) is 6.12. The van der Waals surface area contributed by atoms with E-state index in [4.69, 9.17) is 21.1 Å². The van der Waals surface area contributed by atoms with E-state index in [-0.39, 0.29) is 5.91 Å². The van der Waals surface area contributed by atoms with Gasteiger partial charge in [0.05, 0.1) is 18.7 Å². The van der Waals surface area contributed by atoms with Gasteiger partial charge in [0.2, 0.25) is 5.91 Å². The first-order chi connectivity index (χ1) is 15.0. The number of ether oxygens (including phenoxy) is 2. The van der Waals surface area contributed by atoms with Crippen molar-refractivity contribution < 1.29 is 14.3 Å². The zero-order chi connectivity index (χ0) is 22.2. The highest BCUT2D eigenvalue weighted by molar-refractivity contribution is 6.32. The number of amides is 1. The average molecular weight is 440 g/mol. The molecule has 2 aromatic carbocycles. The lowest BCUT2D eigenvalue weighted by Crippen LogP contribution is -2.08. The van der Waals surface area contributed by atoms with Crippen LogP contribution in [0.2, 0.25) is 5.02 Å². The van der Waals surface area contributed by atoms with Crippen molar-refractivity contribution in [3.63, 3.8) is 0 Å². The van der Waals surface area contributed by atoms with Crippen LogP contribution in [0.25, 0.3) is 6.08 Å². The molecule has 31 heavy (non-hydrogen) atoms. The van der Waals surface area contributed by atoms with Gasteiger partial charge in [0.15, 0.2) is 11.5 Å². The quantitative estimate of drug-likeness (QED) is 0.457. The Balaban J connectivity index is 1.62. The molecule has 1 aromatic heterocycles. The SMILES string of the molecule is CCCOc1c(Cl)cc(/C=C/C(=O)Nc2ccc(Cn3ccnc3C)cc2)cc1OC. The third-order valence-corrected chi connectivity index (χ3v) is 4.91. The monoisotopic (exact) mass is 439 g/mol. The highest BCUT2D eigenvalue weighted by Crippen LogP contribution is 2.36. The van der Waals surface area contributed by atoms with Gasteiger partial charge in [0, 0.05) is 30.7 Å². The van der Waals surface area contributed by atoms with Gasteiger partial charge in [-0.1, -0.05) is 30.7 Å². The summed E-state index contributed by atoms with van der Waals surface area (Å²) in [5.74, 6) is 1.77. The van der Waals surface area contributed by atoms with Crippen molar-refractivity contribution in [1.82, 2.24) is 9.55 Å². The van der Waals surface area contributed by atoms with Gasteiger partial charge in [0.25, 0.3) is 0 Å². The topological polar surface area (TPSA) is 65.4 Å². The maximum Gasteiger partial charge on any atom is 0.248 e. The molecular weight excluding hydrogens is 414 g/mol. The van der Waals surface area contributed by atoms with Crippen molar-refractivity contribution in [1.29, 1.82) is 0 Å². The van der Waals surface area contributed by atoms with E-state index in [1.165, 1.54) is 6.08 Å². The van der Waals surface area contributed by atoms with Crippen molar-refractivity contribution in [2.45, 2.75) is 26.8 Å². The summed E-state index contributed by atoms with van der Waals surface area (Å²) in [4.78, 5) is 16.5. The maximum atomic E-state index is 12.3. The average Bonchev–Trinajstić information content (AvgIpc) is 3.16. The number of nitrogens with zero attached hydrogens (tertiary/aromatic N) is 2. The molecule has 0 spiro atoms. The number of aryl methyl sites for hydroxylation is 1. The molecule has 0 bridgehead atoms. The molecule has 0 aliphatic heterocycles. The predicted octanol–water partition coefficient (Wildman–Crippen LogP) is 5.34. The number of anilines is 1. The fourth-order valence-corrected chi connectivity index (χ4v) is 3.27. The van der Waals surface area contributed by atoms with Crippen LogP contribution in [0.5, 0.6) is 11.5 Å². The van der Waals surface area contributed by atoms with Crippen LogP contribution in [0, 0.1) is 6.92 Å². The van der Waals surface area contributed by atoms with Crippen molar-refractivity contribution in [2.75, 3.05) is 19.0 Å². The van der Waals surface area contributed by atoms with Gasteiger partial charge in [-0.3, -0.25) is 4.79 Å². The molecular formula is C24H26ClN3O3. The fourth-order valence-electron chi connectivity index (χ4n) is 3.00. The minimum Gasteiger partial charge on any atom is -0.493 e. The fraction of sp³-hybridized carbons (Fsp3) is 0.250. The van der Waals surface area contributed by atoms with Crippen LogP contribution in [-0.2, 0) is 11.3 Å². The molecule has 1 N–H and O–H groups in total. The highest BCUT2D eigenvalue weighted by atomic mass is 35.5. The van der Waals surface area contributed by atoms with Crippen molar-refractivity contribution in [3.8, 4) is 11.5 Å². The molecule has 0 fully saturated rings. The van der Waals surface area contributed by atoms with E-state index < -0.39 is 0 Å². The number of carbonyl (C=O) groups excluding carboxylic acids is 1. The molecule has 0 aliphatic carbocycles. The van der Waals surface area contributed by atoms with Gasteiger partial charge in [-0.25, -0.2) is 4.98 Å². The Morgan fingerprint density at radius 3 is 2.68 bits per heavy atom. The van der Waals surface area contributed by atoms with Gasteiger partial charge in [0.1, 0.15) is 5.82 Å². The predicted molar refractivity (Wildman–Crippen MR) is 124 cm³/mol. The zero-order valence-electron chi connectivity index (χ0n) is 17.9. The summed E-state index contributed by atoms with van der Waals surface area (Å²) in [7, 11) is 1.56. The Bertz CT molecular complexity index is 1060. The lowest BCUT2D eigenvalue weighted by molar-refractivity contribution is -0.111. The number of rotatable bonds is 9. The van der Waals surface area contributed by atoms with Gasteiger partial charge in [-0.2, -0.15) is 0 Å². The van der Waals surface area contributed by atoms with E-state index in [1.807, 2.05) is 44.3 Å². The Labute approximate surface area is 187 Å². The summed E-state index contributed by atoms with van der Waals surface area (Å²) in [5.41, 5.74) is 2.59. The van der Waals surface area contributed by atoms with Crippen LogP contribution >= 0.6 is 11.6 Å². The molecule has 0 radical (unpaired) electrons. The van der Waals surface area contributed by atoms with E-state index in [0.29, 0.717) is 23.1 Å². The lowest BCUT2D eigenvalue weighted by atomic mass is 10.1. The second-order valence-corrected chi connectivity index (χ2v) is 7.41. The van der Waals surface area contributed by atoms with Crippen molar-refractivity contribution >= 4 is 29.3 Å². The number of aromatic nitrogens is 2. The molecule has 1 amide bonds. The maximum absolute atomic E-state index is 12.3. The first kappa shape index (κ1) is 22.4. The Kier molecular flexibility index (Phi) is 7.73. The van der Waals surface area contributed by atoms with Gasteiger partial charge >= 0.3 is 0 Å². The van der Waals surface area contributed by atoms with Crippen LogP contribution in [0.3, 0.4) is 0 Å². The molecule has 0 atom stereocenters. The summed E-state index contributed by atoms with van der Waals surface area (Å²) < 4.78 is 13.1. The first-order valence-electron chi connectivity index (χ1n) is 10.1. The molecule has 0 saturated heterocycles. The molecule has 162 valence electrons. The minimum atomic E-state index is -0.236. The number of imidazole rings is 1. The molecule has 0 unspecified atom stereocenters. The lowest BCUT2D eigenvalue weighted by Gasteiger charge is -2.12. The number of nitrogens with one attached hydrogen (secondary N) is 1. The normalized spacial score (nSPS) is 11.0. The van der Waals surface area contributed by atoms with E-state index in [2.05, 4.69) is 14.9 Å². The van der Waals surface area contributed by atoms with Gasteiger partial charge < -0.3 is 19.4 Å². The van der Waals surface area contributed by atoms with Gasteiger partial charge in [-0.15, -0.1) is 0 Å². The van der Waals surface area contributed by atoms with Crippen LogP contribution in [0.15, 0.2) is 54.9 Å². The Morgan fingerprint density at radius 1 is 1.26 bits per heavy atom. The number of hydrogen-bond donors (Lipinski definition) is 1. The number of benzene rings is 2. The van der Waals surface area contributed by atoms with Gasteiger partial charge in [-0.05, 0) is 54.8 Å². The molecule has 1 heterocycles. The van der Waals surface area contributed by atoms with Crippen molar-refractivity contribution in [2.24, 2.45) is 0 Å². The molecule has 3 aromatic rings. The van der Waals surface area contributed by atoms with E-state index in [9.17, 15) is 4.79 Å². The Hall–Kier alpha value is -3.25. The standard InChI is InChI=1S/C24H26ClN3O3/c1-4-13-31-24-21(25)14-19(15-22(24)30-3)7-10-23(29)27-20-8-5-18(6-9-20)16-28-12-11-26-17(28)2/h5-12,14-15H,4,13,16H2,1-3H3,(H,27,29)/b10-7+. The number of carbonyl (C=O) groups is 1. The second-order valence-electron chi connectivity index (χ2n) is 7.00. The highest BCUT2D eigenvalue weighted by Gasteiger charge is 2.11. The van der Waals surface area contributed by atoms with Crippen LogP contribution in [-0.4, -0.2) is 29.2 Å². The summed E-state index contributed by atoms with van der Waals surface area (Å²) in [6.07, 6.45) is 7.74. The summed E-state index contributed by atoms with van der Waals surface area (Å²) in [6.45, 7) is 5.27. The second kappa shape index (κ2) is 10.7. The molecule has 0 saturated carbocycles. The number of hydrogen-bond acceptors (Lipinski definition) is 4. The minimum absolute atomic E-state index is 0.236. The summed E-state index contributed by atoms with van der Waals surface area (Å²) >= 11 is 6.32. The number of methoxy groups -OCH3 is 1. The summed E-state index contributed by atoms with van der Waals surface area (Å²) in [5, 5.41) is 3.30. The smallest absolute Gasteiger partial charge is 0.248 e. The van der Waals surface area contributed by atoms with Crippen LogP contribution in [0.4, 0.5) is 5.69 Å². The van der Waals surface area contributed by atoms with Crippen molar-refractivity contribution in [3.05, 3.63) is 76.8 Å². The van der Waals surface area contributed by atoms with Crippen LogP contribution < -0.4 is 14.8 Å². The molecule has 6 nitrogen and oxygen atoms in total. The van der Waals surface area contributed by atoms with E-state index in [0.717, 1.165) is 35.6 Å². The first-order valence-corrected chi connectivity index (χ1v) is 10.4. The third-order valence-electron chi connectivity index (χ3n) is 4.63. The zero-order valence-corrected chi connectivity index (χ0v) is 18.6.